The standard InChI is InChI=1S/C17H20IN/c1-12-4-9-16(13(2)10-12)17(19-3)11-14-5-7-15(18)8-6-14/h4-10,17,19H,11H2,1-3H3. The first-order valence-corrected chi connectivity index (χ1v) is 7.67. The van der Waals surface area contributed by atoms with Gasteiger partial charge >= 0.3 is 0 Å². The first-order valence-electron chi connectivity index (χ1n) is 6.59. The lowest BCUT2D eigenvalue weighted by Gasteiger charge is -2.19. The van der Waals surface area contributed by atoms with E-state index >= 15 is 0 Å². The molecule has 2 aromatic rings. The summed E-state index contributed by atoms with van der Waals surface area (Å²) in [7, 11) is 2.04. The predicted molar refractivity (Wildman–Crippen MR) is 90.6 cm³/mol. The largest absolute Gasteiger partial charge is 0.313 e. The van der Waals surface area contributed by atoms with E-state index in [0.29, 0.717) is 6.04 Å². The minimum atomic E-state index is 0.376. The summed E-state index contributed by atoms with van der Waals surface area (Å²) in [4.78, 5) is 0. The second kappa shape index (κ2) is 6.53. The molecule has 0 radical (unpaired) electrons. The molecule has 2 aromatic carbocycles. The van der Waals surface area contributed by atoms with Crippen molar-refractivity contribution in [1.29, 1.82) is 0 Å². The zero-order valence-electron chi connectivity index (χ0n) is 11.7. The van der Waals surface area contributed by atoms with E-state index in [1.165, 1.54) is 25.8 Å². The molecule has 1 unspecified atom stereocenters. The monoisotopic (exact) mass is 365 g/mol. The minimum Gasteiger partial charge on any atom is -0.313 e. The van der Waals surface area contributed by atoms with E-state index in [2.05, 4.69) is 84.2 Å². The minimum absolute atomic E-state index is 0.376. The molecule has 19 heavy (non-hydrogen) atoms. The summed E-state index contributed by atoms with van der Waals surface area (Å²) in [6, 6.07) is 15.9. The second-order valence-corrected chi connectivity index (χ2v) is 6.28. The molecule has 1 atom stereocenters. The van der Waals surface area contributed by atoms with E-state index in [1.54, 1.807) is 0 Å². The summed E-state index contributed by atoms with van der Waals surface area (Å²) in [6.45, 7) is 4.34. The summed E-state index contributed by atoms with van der Waals surface area (Å²) in [5.74, 6) is 0. The molecule has 1 nitrogen and oxygen atoms in total. The number of hydrogen-bond donors (Lipinski definition) is 1. The summed E-state index contributed by atoms with van der Waals surface area (Å²) >= 11 is 2.34. The van der Waals surface area contributed by atoms with E-state index < -0.39 is 0 Å². The molecule has 0 aromatic heterocycles. The van der Waals surface area contributed by atoms with Crippen molar-refractivity contribution in [2.75, 3.05) is 7.05 Å². The first kappa shape index (κ1) is 14.5. The van der Waals surface area contributed by atoms with Crippen LogP contribution in [0.2, 0.25) is 0 Å². The van der Waals surface area contributed by atoms with Crippen LogP contribution in [0.25, 0.3) is 0 Å². The van der Waals surface area contributed by atoms with E-state index in [-0.39, 0.29) is 0 Å². The van der Waals surface area contributed by atoms with Crippen molar-refractivity contribution in [3.8, 4) is 0 Å². The number of nitrogens with one attached hydrogen (secondary N) is 1. The normalized spacial score (nSPS) is 12.4. The lowest BCUT2D eigenvalue weighted by Crippen LogP contribution is -2.19. The van der Waals surface area contributed by atoms with Crippen LogP contribution in [-0.2, 0) is 6.42 Å². The second-order valence-electron chi connectivity index (χ2n) is 5.03. The summed E-state index contributed by atoms with van der Waals surface area (Å²) in [5, 5.41) is 3.44. The van der Waals surface area contributed by atoms with Gasteiger partial charge in [0.2, 0.25) is 0 Å². The maximum atomic E-state index is 3.44. The van der Waals surface area contributed by atoms with Crippen molar-refractivity contribution in [1.82, 2.24) is 5.32 Å². The van der Waals surface area contributed by atoms with Crippen LogP contribution in [0.4, 0.5) is 0 Å². The van der Waals surface area contributed by atoms with Crippen LogP contribution in [0.1, 0.15) is 28.3 Å². The van der Waals surface area contributed by atoms with E-state index in [1.807, 2.05) is 7.05 Å². The number of aryl methyl sites for hydroxylation is 2. The van der Waals surface area contributed by atoms with Crippen molar-refractivity contribution >= 4 is 22.6 Å². The van der Waals surface area contributed by atoms with Gasteiger partial charge in [-0.05, 0) is 78.7 Å². The third-order valence-corrected chi connectivity index (χ3v) is 4.22. The van der Waals surface area contributed by atoms with E-state index in [4.69, 9.17) is 0 Å². The molecule has 0 saturated carbocycles. The van der Waals surface area contributed by atoms with Crippen molar-refractivity contribution in [2.45, 2.75) is 26.3 Å². The van der Waals surface area contributed by atoms with Crippen LogP contribution < -0.4 is 5.32 Å². The molecule has 0 heterocycles. The molecule has 0 fully saturated rings. The van der Waals surface area contributed by atoms with E-state index in [9.17, 15) is 0 Å². The Kier molecular flexibility index (Phi) is 4.99. The van der Waals surface area contributed by atoms with Crippen molar-refractivity contribution in [3.63, 3.8) is 0 Å². The van der Waals surface area contributed by atoms with Crippen molar-refractivity contribution in [2.24, 2.45) is 0 Å². The maximum absolute atomic E-state index is 3.44. The molecule has 0 aliphatic rings. The number of likely N-dealkylation sites (N-methyl/N-ethyl adjacent to an activating group) is 1. The SMILES string of the molecule is CNC(Cc1ccc(I)cc1)c1ccc(C)cc1C. The van der Waals surface area contributed by atoms with Gasteiger partial charge in [0.25, 0.3) is 0 Å². The molecule has 0 saturated heterocycles. The Hall–Kier alpha value is -0.870. The maximum Gasteiger partial charge on any atom is 0.0361 e. The van der Waals surface area contributed by atoms with Crippen LogP contribution in [-0.4, -0.2) is 7.05 Å². The molecular formula is C17H20IN. The Bertz CT molecular complexity index is 546. The molecule has 0 aliphatic carbocycles. The van der Waals surface area contributed by atoms with Gasteiger partial charge in [-0.1, -0.05) is 35.9 Å². The molecule has 0 amide bonds. The van der Waals surface area contributed by atoms with E-state index in [0.717, 1.165) is 6.42 Å². The van der Waals surface area contributed by atoms with Crippen molar-refractivity contribution < 1.29 is 0 Å². The Morgan fingerprint density at radius 3 is 2.32 bits per heavy atom. The molecule has 0 aliphatic heterocycles. The highest BCUT2D eigenvalue weighted by Gasteiger charge is 2.12. The topological polar surface area (TPSA) is 12.0 Å². The average molecular weight is 365 g/mol. The molecule has 100 valence electrons. The number of rotatable bonds is 4. The first-order chi connectivity index (χ1) is 9.10. The fourth-order valence-corrected chi connectivity index (χ4v) is 2.80. The molecule has 0 spiro atoms. The van der Waals surface area contributed by atoms with Crippen molar-refractivity contribution in [3.05, 3.63) is 68.3 Å². The third kappa shape index (κ3) is 3.80. The lowest BCUT2D eigenvalue weighted by atomic mass is 9.94. The summed E-state index contributed by atoms with van der Waals surface area (Å²) in [5.41, 5.74) is 5.46. The Morgan fingerprint density at radius 2 is 1.74 bits per heavy atom. The Morgan fingerprint density at radius 1 is 1.05 bits per heavy atom. The third-order valence-electron chi connectivity index (χ3n) is 3.50. The average Bonchev–Trinajstić information content (AvgIpc) is 2.39. The Labute approximate surface area is 129 Å². The zero-order valence-corrected chi connectivity index (χ0v) is 13.9. The molecule has 1 N–H and O–H groups in total. The van der Waals surface area contributed by atoms with Crippen LogP contribution in [0.3, 0.4) is 0 Å². The number of hydrogen-bond acceptors (Lipinski definition) is 1. The highest BCUT2D eigenvalue weighted by atomic mass is 127. The fourth-order valence-electron chi connectivity index (χ4n) is 2.44. The Balaban J connectivity index is 2.22. The van der Waals surface area contributed by atoms with Crippen LogP contribution >= 0.6 is 22.6 Å². The van der Waals surface area contributed by atoms with Crippen LogP contribution in [0.15, 0.2) is 42.5 Å². The van der Waals surface area contributed by atoms with Gasteiger partial charge in [-0.2, -0.15) is 0 Å². The molecule has 0 bridgehead atoms. The molecular weight excluding hydrogens is 345 g/mol. The van der Waals surface area contributed by atoms with Crippen LogP contribution in [0, 0.1) is 17.4 Å². The smallest absolute Gasteiger partial charge is 0.0361 e. The predicted octanol–water partition coefficient (Wildman–Crippen LogP) is 4.41. The molecule has 2 rings (SSSR count). The summed E-state index contributed by atoms with van der Waals surface area (Å²) in [6.07, 6.45) is 1.03. The van der Waals surface area contributed by atoms with Gasteiger partial charge in [0.15, 0.2) is 0 Å². The highest BCUT2D eigenvalue weighted by Crippen LogP contribution is 2.22. The number of benzene rings is 2. The number of halogens is 1. The van der Waals surface area contributed by atoms with Gasteiger partial charge in [0.05, 0.1) is 0 Å². The quantitative estimate of drug-likeness (QED) is 0.792. The van der Waals surface area contributed by atoms with Gasteiger partial charge in [0.1, 0.15) is 0 Å². The van der Waals surface area contributed by atoms with Gasteiger partial charge in [-0.3, -0.25) is 0 Å². The van der Waals surface area contributed by atoms with Gasteiger partial charge in [-0.15, -0.1) is 0 Å². The highest BCUT2D eigenvalue weighted by molar-refractivity contribution is 14.1. The lowest BCUT2D eigenvalue weighted by molar-refractivity contribution is 0.589. The van der Waals surface area contributed by atoms with Crippen LogP contribution in [0.5, 0.6) is 0 Å². The van der Waals surface area contributed by atoms with Gasteiger partial charge < -0.3 is 5.32 Å². The van der Waals surface area contributed by atoms with Gasteiger partial charge in [-0.25, -0.2) is 0 Å². The van der Waals surface area contributed by atoms with Gasteiger partial charge in [0, 0.05) is 9.61 Å². The fraction of sp³-hybridized carbons (Fsp3) is 0.294. The summed E-state index contributed by atoms with van der Waals surface area (Å²) < 4.78 is 1.29. The molecule has 2 heteroatoms. The zero-order chi connectivity index (χ0) is 13.8.